The molecule has 1 aliphatic rings. The second kappa shape index (κ2) is 7.49. The molecule has 0 radical (unpaired) electrons. The van der Waals surface area contributed by atoms with Crippen LogP contribution in [0.2, 0.25) is 0 Å². The summed E-state index contributed by atoms with van der Waals surface area (Å²) in [5.74, 6) is 0.461. The summed E-state index contributed by atoms with van der Waals surface area (Å²) in [6.07, 6.45) is 3.63. The molecule has 0 spiro atoms. The molecule has 1 saturated heterocycles. The average molecular weight is 377 g/mol. The Morgan fingerprint density at radius 3 is 2.81 bits per heavy atom. The molecular formula is C18H23N3O4S. The molecule has 0 N–H and O–H groups in total. The van der Waals surface area contributed by atoms with Crippen LogP contribution in [0.3, 0.4) is 0 Å². The fourth-order valence-electron chi connectivity index (χ4n) is 3.22. The zero-order valence-electron chi connectivity index (χ0n) is 15.0. The number of benzene rings is 1. The van der Waals surface area contributed by atoms with Crippen molar-refractivity contribution in [3.63, 3.8) is 0 Å². The van der Waals surface area contributed by atoms with Crippen molar-refractivity contribution in [2.75, 3.05) is 25.2 Å². The van der Waals surface area contributed by atoms with E-state index in [4.69, 9.17) is 4.74 Å². The van der Waals surface area contributed by atoms with Gasteiger partial charge in [-0.1, -0.05) is 18.2 Å². The molecule has 1 aliphatic heterocycles. The lowest BCUT2D eigenvalue weighted by molar-refractivity contribution is -0.132. The quantitative estimate of drug-likeness (QED) is 0.788. The number of hydrogen-bond acceptors (Lipinski definition) is 5. The van der Waals surface area contributed by atoms with Crippen molar-refractivity contribution in [2.45, 2.75) is 25.9 Å². The van der Waals surface area contributed by atoms with Gasteiger partial charge in [0.05, 0.1) is 37.3 Å². The van der Waals surface area contributed by atoms with Gasteiger partial charge in [-0.2, -0.15) is 5.10 Å². The molecule has 1 fully saturated rings. The van der Waals surface area contributed by atoms with Crippen LogP contribution in [0.5, 0.6) is 5.75 Å². The molecular weight excluding hydrogens is 354 g/mol. The van der Waals surface area contributed by atoms with Crippen LogP contribution in [0.4, 0.5) is 0 Å². The van der Waals surface area contributed by atoms with Crippen molar-refractivity contribution in [1.82, 2.24) is 14.7 Å². The second-order valence-electron chi connectivity index (χ2n) is 6.34. The molecule has 0 bridgehead atoms. The van der Waals surface area contributed by atoms with Gasteiger partial charge in [-0.15, -0.1) is 0 Å². The van der Waals surface area contributed by atoms with Crippen LogP contribution >= 0.6 is 0 Å². The fraction of sp³-hybridized carbons (Fsp3) is 0.444. The first-order valence-electron chi connectivity index (χ1n) is 8.57. The van der Waals surface area contributed by atoms with Gasteiger partial charge >= 0.3 is 0 Å². The number of carbonyl (C=O) groups is 1. The van der Waals surface area contributed by atoms with Crippen molar-refractivity contribution in [3.8, 4) is 5.75 Å². The van der Waals surface area contributed by atoms with Gasteiger partial charge in [-0.3, -0.25) is 9.48 Å². The number of rotatable bonds is 5. The lowest BCUT2D eigenvalue weighted by Gasteiger charge is -2.35. The van der Waals surface area contributed by atoms with E-state index in [9.17, 15) is 13.2 Å². The summed E-state index contributed by atoms with van der Waals surface area (Å²) in [6, 6.07) is 6.86. The maximum absolute atomic E-state index is 13.0. The van der Waals surface area contributed by atoms with Gasteiger partial charge in [0.15, 0.2) is 9.84 Å². The highest BCUT2D eigenvalue weighted by Gasteiger charge is 2.35. The van der Waals surface area contributed by atoms with Crippen molar-refractivity contribution in [3.05, 3.63) is 47.8 Å². The SMILES string of the molecule is CCn1cc(C2CS(=O)(=O)CCN2C(=O)Cc2ccccc2OC)cn1. The summed E-state index contributed by atoms with van der Waals surface area (Å²) in [5, 5.41) is 4.23. The third kappa shape index (κ3) is 3.90. The zero-order valence-corrected chi connectivity index (χ0v) is 15.8. The maximum Gasteiger partial charge on any atom is 0.227 e. The summed E-state index contributed by atoms with van der Waals surface area (Å²) in [6.45, 7) is 2.84. The van der Waals surface area contributed by atoms with E-state index in [1.54, 1.807) is 22.9 Å². The minimum atomic E-state index is -3.19. The van der Waals surface area contributed by atoms with Crippen LogP contribution < -0.4 is 4.74 Å². The topological polar surface area (TPSA) is 81.5 Å². The van der Waals surface area contributed by atoms with Crippen LogP contribution in [0.1, 0.15) is 24.1 Å². The van der Waals surface area contributed by atoms with Gasteiger partial charge in [-0.25, -0.2) is 8.42 Å². The highest BCUT2D eigenvalue weighted by molar-refractivity contribution is 7.91. The molecule has 7 nitrogen and oxygen atoms in total. The number of carbonyl (C=O) groups excluding carboxylic acids is 1. The first-order valence-corrected chi connectivity index (χ1v) is 10.4. The molecule has 1 aromatic heterocycles. The van der Waals surface area contributed by atoms with E-state index in [1.807, 2.05) is 37.4 Å². The molecule has 1 atom stereocenters. The Labute approximate surface area is 153 Å². The standard InChI is InChI=1S/C18H23N3O4S/c1-3-20-12-15(11-19-20)16-13-26(23,24)9-8-21(16)18(22)10-14-6-4-5-7-17(14)25-2/h4-7,11-12,16H,3,8-10,13H2,1-2H3. The van der Waals surface area contributed by atoms with E-state index in [1.165, 1.54) is 0 Å². The predicted octanol–water partition coefficient (Wildman–Crippen LogP) is 1.45. The Balaban J connectivity index is 1.86. The lowest BCUT2D eigenvalue weighted by atomic mass is 10.1. The van der Waals surface area contributed by atoms with E-state index >= 15 is 0 Å². The summed E-state index contributed by atoms with van der Waals surface area (Å²) in [5.41, 5.74) is 1.54. The molecule has 1 amide bonds. The number of sulfone groups is 1. The van der Waals surface area contributed by atoms with Crippen molar-refractivity contribution in [1.29, 1.82) is 0 Å². The minimum absolute atomic E-state index is 0.0108. The molecule has 1 unspecified atom stereocenters. The van der Waals surface area contributed by atoms with E-state index in [0.29, 0.717) is 12.3 Å². The molecule has 0 aliphatic carbocycles. The molecule has 140 valence electrons. The van der Waals surface area contributed by atoms with Crippen LogP contribution in [-0.2, 0) is 27.6 Å². The second-order valence-corrected chi connectivity index (χ2v) is 8.56. The average Bonchev–Trinajstić information content (AvgIpc) is 3.10. The Kier molecular flexibility index (Phi) is 5.31. The summed E-state index contributed by atoms with van der Waals surface area (Å²) in [4.78, 5) is 14.6. The third-order valence-electron chi connectivity index (χ3n) is 4.65. The van der Waals surface area contributed by atoms with Crippen molar-refractivity contribution < 1.29 is 17.9 Å². The maximum atomic E-state index is 13.0. The Bertz CT molecular complexity index is 891. The molecule has 2 heterocycles. The highest BCUT2D eigenvalue weighted by Crippen LogP contribution is 2.28. The summed E-state index contributed by atoms with van der Waals surface area (Å²) < 4.78 is 31.4. The molecule has 1 aromatic carbocycles. The van der Waals surface area contributed by atoms with Gasteiger partial charge in [0, 0.05) is 30.4 Å². The number of ether oxygens (including phenoxy) is 1. The highest BCUT2D eigenvalue weighted by atomic mass is 32.2. The van der Waals surface area contributed by atoms with E-state index < -0.39 is 15.9 Å². The van der Waals surface area contributed by atoms with E-state index in [-0.39, 0.29) is 30.4 Å². The molecule has 0 saturated carbocycles. The van der Waals surface area contributed by atoms with E-state index in [2.05, 4.69) is 5.10 Å². The predicted molar refractivity (Wildman–Crippen MR) is 97.7 cm³/mol. The van der Waals surface area contributed by atoms with Gasteiger partial charge in [-0.05, 0) is 13.0 Å². The molecule has 2 aromatic rings. The Morgan fingerprint density at radius 1 is 1.35 bits per heavy atom. The number of methoxy groups -OCH3 is 1. The number of para-hydroxylation sites is 1. The lowest BCUT2D eigenvalue weighted by Crippen LogP contribution is -2.46. The smallest absolute Gasteiger partial charge is 0.227 e. The van der Waals surface area contributed by atoms with Crippen molar-refractivity contribution >= 4 is 15.7 Å². The van der Waals surface area contributed by atoms with E-state index in [0.717, 1.165) is 11.1 Å². The normalized spacial score (nSPS) is 19.3. The van der Waals surface area contributed by atoms with Gasteiger partial charge in [0.2, 0.25) is 5.91 Å². The molecule has 8 heteroatoms. The first-order chi connectivity index (χ1) is 12.4. The number of aryl methyl sites for hydroxylation is 1. The number of amides is 1. The Morgan fingerprint density at radius 2 is 2.12 bits per heavy atom. The third-order valence-corrected chi connectivity index (χ3v) is 6.28. The van der Waals surface area contributed by atoms with Gasteiger partial charge in [0.1, 0.15) is 5.75 Å². The monoisotopic (exact) mass is 377 g/mol. The van der Waals surface area contributed by atoms with Crippen molar-refractivity contribution in [2.24, 2.45) is 0 Å². The van der Waals surface area contributed by atoms with Gasteiger partial charge < -0.3 is 9.64 Å². The van der Waals surface area contributed by atoms with Crippen LogP contribution in [0, 0.1) is 0 Å². The number of nitrogens with zero attached hydrogens (tertiary/aromatic N) is 3. The fourth-order valence-corrected chi connectivity index (χ4v) is 4.71. The summed E-state index contributed by atoms with van der Waals surface area (Å²) >= 11 is 0. The largest absolute Gasteiger partial charge is 0.496 e. The van der Waals surface area contributed by atoms with Crippen LogP contribution in [-0.4, -0.2) is 54.2 Å². The Hall–Kier alpha value is -2.35. The van der Waals surface area contributed by atoms with Crippen LogP contribution in [0.15, 0.2) is 36.7 Å². The minimum Gasteiger partial charge on any atom is -0.496 e. The zero-order chi connectivity index (χ0) is 18.7. The molecule has 3 rings (SSSR count). The van der Waals surface area contributed by atoms with Gasteiger partial charge in [0.25, 0.3) is 0 Å². The number of aromatic nitrogens is 2. The summed E-state index contributed by atoms with van der Waals surface area (Å²) in [7, 11) is -1.62. The number of hydrogen-bond donors (Lipinski definition) is 0. The first kappa shape index (κ1) is 18.4. The van der Waals surface area contributed by atoms with Crippen LogP contribution in [0.25, 0.3) is 0 Å². The molecule has 26 heavy (non-hydrogen) atoms.